The fourth-order valence-corrected chi connectivity index (χ4v) is 3.97. The molecule has 0 fully saturated rings. The Morgan fingerprint density at radius 3 is 2.48 bits per heavy atom. The first-order valence-electron chi connectivity index (χ1n) is 9.21. The van der Waals surface area contributed by atoms with Crippen LogP contribution in [0.3, 0.4) is 0 Å². The van der Waals surface area contributed by atoms with Crippen molar-refractivity contribution in [1.29, 1.82) is 10.8 Å². The van der Waals surface area contributed by atoms with Crippen molar-refractivity contribution < 1.29 is 0 Å². The molecule has 2 aromatic rings. The Bertz CT molecular complexity index is 857. The molecule has 0 aromatic carbocycles. The van der Waals surface area contributed by atoms with Crippen LogP contribution in [0, 0.1) is 10.8 Å². The number of anilines is 2. The second-order valence-electron chi connectivity index (χ2n) is 6.59. The third kappa shape index (κ3) is 3.36. The predicted molar refractivity (Wildman–Crippen MR) is 111 cm³/mol. The van der Waals surface area contributed by atoms with Crippen LogP contribution in [0.15, 0.2) is 23.3 Å². The summed E-state index contributed by atoms with van der Waals surface area (Å²) >= 11 is 3.36. The fraction of sp³-hybridized carbons (Fsp3) is 0.500. The molecule has 27 heavy (non-hydrogen) atoms. The van der Waals surface area contributed by atoms with Gasteiger partial charge in [0.1, 0.15) is 28.3 Å². The summed E-state index contributed by atoms with van der Waals surface area (Å²) in [6, 6.07) is 0.138. The van der Waals surface area contributed by atoms with Crippen molar-refractivity contribution in [2.24, 2.45) is 0 Å². The minimum absolute atomic E-state index is 0.125. The van der Waals surface area contributed by atoms with Crippen molar-refractivity contribution in [3.05, 3.63) is 23.3 Å². The van der Waals surface area contributed by atoms with Gasteiger partial charge < -0.3 is 4.90 Å². The highest BCUT2D eigenvalue weighted by Gasteiger charge is 2.39. The number of amidine groups is 2. The molecule has 3 rings (SSSR count). The van der Waals surface area contributed by atoms with Gasteiger partial charge in [0.05, 0.1) is 12.2 Å². The van der Waals surface area contributed by atoms with E-state index in [0.717, 1.165) is 25.1 Å². The molecule has 0 radical (unpaired) electrons. The Morgan fingerprint density at radius 2 is 1.96 bits per heavy atom. The average molecular weight is 433 g/mol. The fourth-order valence-electron chi connectivity index (χ4n) is 3.66. The molecule has 1 atom stereocenters. The van der Waals surface area contributed by atoms with E-state index in [1.807, 2.05) is 6.20 Å². The summed E-state index contributed by atoms with van der Waals surface area (Å²) in [5.74, 6) is 2.00. The third-order valence-electron chi connectivity index (χ3n) is 4.96. The second-order valence-corrected chi connectivity index (χ2v) is 7.40. The zero-order valence-corrected chi connectivity index (χ0v) is 17.7. The quantitative estimate of drug-likeness (QED) is 0.549. The maximum atomic E-state index is 8.73. The number of fused-ring (bicyclic) bond motifs is 1. The van der Waals surface area contributed by atoms with Crippen molar-refractivity contribution in [3.8, 4) is 5.95 Å². The summed E-state index contributed by atoms with van der Waals surface area (Å²) in [4.78, 5) is 17.4. The lowest BCUT2D eigenvalue weighted by Gasteiger charge is -2.46. The summed E-state index contributed by atoms with van der Waals surface area (Å²) in [5, 5.41) is 16.9. The van der Waals surface area contributed by atoms with E-state index < -0.39 is 0 Å². The number of imidazole rings is 1. The first-order chi connectivity index (χ1) is 12.9. The standard InChI is InChI=1S/C18H25BrN8/c1-5-12(6-2)27-13(7-3)16(21)26(11(4)20)14-8-22-18(24-17(14)27)25-9-15(19)23-10-25/h8-10,12-13,20-21H,5-7H2,1-4H3/t13-/m1/s1. The van der Waals surface area contributed by atoms with Gasteiger partial charge in [0, 0.05) is 12.2 Å². The van der Waals surface area contributed by atoms with Gasteiger partial charge in [-0.05, 0) is 42.1 Å². The minimum Gasteiger partial charge on any atom is -0.342 e. The van der Waals surface area contributed by atoms with E-state index in [1.165, 1.54) is 0 Å². The molecule has 0 unspecified atom stereocenters. The highest BCUT2D eigenvalue weighted by molar-refractivity contribution is 9.10. The van der Waals surface area contributed by atoms with E-state index >= 15 is 0 Å². The van der Waals surface area contributed by atoms with Crippen LogP contribution in [0.2, 0.25) is 0 Å². The molecule has 0 spiro atoms. The molecule has 144 valence electrons. The van der Waals surface area contributed by atoms with Crippen molar-refractivity contribution in [2.45, 2.75) is 59.0 Å². The minimum atomic E-state index is -0.125. The number of nitrogens with one attached hydrogen (secondary N) is 2. The van der Waals surface area contributed by atoms with E-state index in [0.29, 0.717) is 27.9 Å². The van der Waals surface area contributed by atoms with Crippen LogP contribution in [0.25, 0.3) is 5.95 Å². The highest BCUT2D eigenvalue weighted by Crippen LogP contribution is 2.38. The molecule has 1 aliphatic rings. The molecule has 0 saturated heterocycles. The Kier molecular flexibility index (Phi) is 5.59. The second kappa shape index (κ2) is 7.75. The van der Waals surface area contributed by atoms with Crippen LogP contribution in [-0.4, -0.2) is 43.3 Å². The lowest BCUT2D eigenvalue weighted by molar-refractivity contribution is 0.512. The molecular weight excluding hydrogens is 408 g/mol. The third-order valence-corrected chi connectivity index (χ3v) is 5.36. The molecule has 8 nitrogen and oxygen atoms in total. The van der Waals surface area contributed by atoms with Crippen LogP contribution in [0.4, 0.5) is 11.5 Å². The Hall–Kier alpha value is -2.29. The van der Waals surface area contributed by atoms with Gasteiger partial charge in [-0.15, -0.1) is 0 Å². The molecule has 0 aliphatic carbocycles. The van der Waals surface area contributed by atoms with Crippen LogP contribution >= 0.6 is 15.9 Å². The highest BCUT2D eigenvalue weighted by atomic mass is 79.9. The lowest BCUT2D eigenvalue weighted by atomic mass is 10.0. The molecule has 2 aromatic heterocycles. The summed E-state index contributed by atoms with van der Waals surface area (Å²) in [6.45, 7) is 8.09. The van der Waals surface area contributed by atoms with Crippen LogP contribution in [-0.2, 0) is 0 Å². The van der Waals surface area contributed by atoms with E-state index in [-0.39, 0.29) is 12.1 Å². The SMILES string of the molecule is CCC(CC)N1c2nc(-n3cnc(Br)c3)ncc2N(C(C)=N)C(=N)[C@H]1CC. The summed E-state index contributed by atoms with van der Waals surface area (Å²) in [5.41, 5.74) is 0.687. The van der Waals surface area contributed by atoms with Crippen LogP contribution in [0.1, 0.15) is 47.0 Å². The first kappa shape index (κ1) is 19.5. The van der Waals surface area contributed by atoms with Crippen molar-refractivity contribution in [1.82, 2.24) is 19.5 Å². The number of hydrogen-bond donors (Lipinski definition) is 2. The first-order valence-corrected chi connectivity index (χ1v) is 10.0. The maximum absolute atomic E-state index is 8.73. The normalized spacial score (nSPS) is 16.8. The predicted octanol–water partition coefficient (Wildman–Crippen LogP) is 3.99. The molecular formula is C18H25BrN8. The molecule has 0 amide bonds. The molecule has 1 aliphatic heterocycles. The van der Waals surface area contributed by atoms with Gasteiger partial charge in [0.15, 0.2) is 5.82 Å². The van der Waals surface area contributed by atoms with Gasteiger partial charge in [0.2, 0.25) is 5.95 Å². The topological polar surface area (TPSA) is 97.8 Å². The van der Waals surface area contributed by atoms with Gasteiger partial charge in [-0.1, -0.05) is 20.8 Å². The van der Waals surface area contributed by atoms with Gasteiger partial charge in [-0.25, -0.2) is 9.97 Å². The Balaban J connectivity index is 2.22. The summed E-state index contributed by atoms with van der Waals surface area (Å²) in [6.07, 6.45) is 7.87. The van der Waals surface area contributed by atoms with Crippen molar-refractivity contribution >= 4 is 39.1 Å². The summed E-state index contributed by atoms with van der Waals surface area (Å²) < 4.78 is 2.48. The van der Waals surface area contributed by atoms with Crippen molar-refractivity contribution in [3.63, 3.8) is 0 Å². The molecule has 0 saturated carbocycles. The number of halogens is 1. The Labute approximate surface area is 167 Å². The number of rotatable bonds is 5. The van der Waals surface area contributed by atoms with E-state index in [2.05, 4.69) is 51.6 Å². The van der Waals surface area contributed by atoms with Crippen molar-refractivity contribution in [2.75, 3.05) is 9.80 Å². The number of nitrogens with zero attached hydrogens (tertiary/aromatic N) is 6. The lowest BCUT2D eigenvalue weighted by Crippen LogP contribution is -2.57. The molecule has 9 heteroatoms. The zero-order valence-electron chi connectivity index (χ0n) is 16.1. The van der Waals surface area contributed by atoms with E-state index in [1.54, 1.807) is 28.9 Å². The monoisotopic (exact) mass is 432 g/mol. The number of hydrogen-bond acceptors (Lipinski definition) is 6. The van der Waals surface area contributed by atoms with Gasteiger partial charge >= 0.3 is 0 Å². The van der Waals surface area contributed by atoms with E-state index in [9.17, 15) is 0 Å². The number of aromatic nitrogens is 4. The van der Waals surface area contributed by atoms with Gasteiger partial charge in [0.25, 0.3) is 0 Å². The van der Waals surface area contributed by atoms with Gasteiger partial charge in [-0.2, -0.15) is 4.98 Å². The van der Waals surface area contributed by atoms with E-state index in [4.69, 9.17) is 15.8 Å². The molecule has 0 bridgehead atoms. The molecule has 2 N–H and O–H groups in total. The largest absolute Gasteiger partial charge is 0.342 e. The molecule has 3 heterocycles. The van der Waals surface area contributed by atoms with Crippen LogP contribution < -0.4 is 9.80 Å². The smallest absolute Gasteiger partial charge is 0.237 e. The maximum Gasteiger partial charge on any atom is 0.237 e. The van der Waals surface area contributed by atoms with Gasteiger partial charge in [-0.3, -0.25) is 20.3 Å². The average Bonchev–Trinajstić information content (AvgIpc) is 3.08. The van der Waals surface area contributed by atoms with Crippen LogP contribution in [0.5, 0.6) is 0 Å². The summed E-state index contributed by atoms with van der Waals surface area (Å²) in [7, 11) is 0. The Morgan fingerprint density at radius 1 is 1.26 bits per heavy atom. The zero-order chi connectivity index (χ0) is 19.7.